The van der Waals surface area contributed by atoms with Crippen LogP contribution in [0.2, 0.25) is 0 Å². The molecule has 0 spiro atoms. The topological polar surface area (TPSA) is 76.6 Å². The maximum atomic E-state index is 12.6. The van der Waals surface area contributed by atoms with Crippen molar-refractivity contribution < 1.29 is 17.9 Å². The first-order valence-corrected chi connectivity index (χ1v) is 9.07. The minimum Gasteiger partial charge on any atom is -0.464 e. The van der Waals surface area contributed by atoms with E-state index in [-0.39, 0.29) is 15.9 Å². The van der Waals surface area contributed by atoms with Crippen LogP contribution in [-0.4, -0.2) is 54.9 Å². The van der Waals surface area contributed by atoms with Crippen molar-refractivity contribution in [2.75, 3.05) is 25.2 Å². The van der Waals surface area contributed by atoms with E-state index in [4.69, 9.17) is 0 Å². The summed E-state index contributed by atoms with van der Waals surface area (Å²) < 4.78 is 31.1. The lowest BCUT2D eigenvalue weighted by atomic mass is 10.4. The van der Waals surface area contributed by atoms with Gasteiger partial charge < -0.3 is 4.74 Å². The maximum Gasteiger partial charge on any atom is 0.358 e. The molecule has 0 N–H and O–H groups in total. The van der Waals surface area contributed by atoms with Crippen LogP contribution in [0.1, 0.15) is 17.4 Å². The molecule has 1 unspecified atom stereocenters. The van der Waals surface area contributed by atoms with Gasteiger partial charge in [-0.2, -0.15) is 16.1 Å². The molecule has 6 nitrogen and oxygen atoms in total. The van der Waals surface area contributed by atoms with Gasteiger partial charge in [0.15, 0.2) is 9.90 Å². The summed E-state index contributed by atoms with van der Waals surface area (Å²) in [6.45, 7) is 2.31. The van der Waals surface area contributed by atoms with E-state index in [1.165, 1.54) is 16.9 Å². The Bertz CT molecular complexity index is 569. The fourth-order valence-electron chi connectivity index (χ4n) is 1.83. The van der Waals surface area contributed by atoms with Crippen LogP contribution in [0.5, 0.6) is 0 Å². The van der Waals surface area contributed by atoms with E-state index in [1.807, 2.05) is 6.92 Å². The second kappa shape index (κ2) is 5.78. The van der Waals surface area contributed by atoms with Gasteiger partial charge in [-0.05, 0) is 6.92 Å². The van der Waals surface area contributed by atoms with E-state index in [0.29, 0.717) is 6.54 Å². The molecule has 0 radical (unpaired) electrons. The molecular formula is C10H14N2O4S3. The molecule has 0 aromatic carbocycles. The highest BCUT2D eigenvalue weighted by molar-refractivity contribution is 7.99. The minimum absolute atomic E-state index is 0.0295. The number of carbonyl (C=O) groups is 1. The lowest BCUT2D eigenvalue weighted by molar-refractivity contribution is 0.0590. The van der Waals surface area contributed by atoms with Crippen molar-refractivity contribution in [3.8, 4) is 0 Å². The molecule has 1 fully saturated rings. The predicted octanol–water partition coefficient (Wildman–Crippen LogP) is 1.06. The minimum atomic E-state index is -3.68. The van der Waals surface area contributed by atoms with E-state index in [0.717, 1.165) is 22.8 Å². The zero-order chi connectivity index (χ0) is 14.0. The number of hydrogen-bond acceptors (Lipinski definition) is 7. The number of rotatable bonds is 3. The normalized spacial score (nSPS) is 21.3. The Morgan fingerprint density at radius 1 is 1.58 bits per heavy atom. The summed E-state index contributed by atoms with van der Waals surface area (Å²) >= 11 is 2.67. The first kappa shape index (κ1) is 14.8. The fraction of sp³-hybridized carbons (Fsp3) is 0.600. The highest BCUT2D eigenvalue weighted by Gasteiger charge is 2.36. The molecule has 1 saturated heterocycles. The van der Waals surface area contributed by atoms with Crippen LogP contribution < -0.4 is 0 Å². The van der Waals surface area contributed by atoms with Gasteiger partial charge in [0.05, 0.1) is 12.6 Å². The van der Waals surface area contributed by atoms with E-state index in [1.54, 1.807) is 11.8 Å². The van der Waals surface area contributed by atoms with Gasteiger partial charge in [0.1, 0.15) is 0 Å². The molecule has 1 aliphatic rings. The highest BCUT2D eigenvalue weighted by atomic mass is 32.2. The summed E-state index contributed by atoms with van der Waals surface area (Å²) in [6, 6.07) is -0.0867. The van der Waals surface area contributed by atoms with Crippen LogP contribution in [-0.2, 0) is 14.8 Å². The first-order valence-electron chi connectivity index (χ1n) is 5.60. The molecule has 1 aliphatic heterocycles. The monoisotopic (exact) mass is 322 g/mol. The smallest absolute Gasteiger partial charge is 0.358 e. The molecule has 1 aromatic heterocycles. The van der Waals surface area contributed by atoms with Crippen LogP contribution in [0.15, 0.2) is 9.72 Å². The van der Waals surface area contributed by atoms with Crippen molar-refractivity contribution in [1.29, 1.82) is 0 Å². The molecule has 0 bridgehead atoms. The van der Waals surface area contributed by atoms with Gasteiger partial charge in [-0.15, -0.1) is 11.3 Å². The third kappa shape index (κ3) is 2.78. The Kier molecular flexibility index (Phi) is 4.49. The number of thioether (sulfide) groups is 1. The Morgan fingerprint density at radius 2 is 2.32 bits per heavy atom. The summed E-state index contributed by atoms with van der Waals surface area (Å²) in [5, 5.41) is 0. The molecule has 19 heavy (non-hydrogen) atoms. The van der Waals surface area contributed by atoms with Gasteiger partial charge in [-0.3, -0.25) is 0 Å². The molecule has 0 saturated carbocycles. The quantitative estimate of drug-likeness (QED) is 0.774. The SMILES string of the molecule is COC(=O)c1ncsc1S(=O)(=O)N1CCSCC1C. The molecule has 1 atom stereocenters. The van der Waals surface area contributed by atoms with Crippen molar-refractivity contribution in [2.24, 2.45) is 0 Å². The number of carbonyl (C=O) groups excluding carboxylic acids is 1. The van der Waals surface area contributed by atoms with Crippen molar-refractivity contribution in [3.05, 3.63) is 11.2 Å². The van der Waals surface area contributed by atoms with Gasteiger partial charge in [-0.25, -0.2) is 18.2 Å². The second-order valence-electron chi connectivity index (χ2n) is 4.02. The average molecular weight is 322 g/mol. The Labute approximate surface area is 120 Å². The third-order valence-corrected chi connectivity index (χ3v) is 7.31. The van der Waals surface area contributed by atoms with Gasteiger partial charge in [-0.1, -0.05) is 0 Å². The van der Waals surface area contributed by atoms with Crippen molar-refractivity contribution in [3.63, 3.8) is 0 Å². The number of sulfonamides is 1. The number of aromatic nitrogens is 1. The van der Waals surface area contributed by atoms with Gasteiger partial charge >= 0.3 is 5.97 Å². The van der Waals surface area contributed by atoms with E-state index in [2.05, 4.69) is 9.72 Å². The third-order valence-electron chi connectivity index (χ3n) is 2.76. The molecular weight excluding hydrogens is 308 g/mol. The Balaban J connectivity index is 2.39. The van der Waals surface area contributed by atoms with Crippen molar-refractivity contribution >= 4 is 39.1 Å². The Morgan fingerprint density at radius 3 is 2.95 bits per heavy atom. The number of esters is 1. The number of ether oxygens (including phenoxy) is 1. The number of hydrogen-bond donors (Lipinski definition) is 0. The largest absolute Gasteiger partial charge is 0.464 e. The fourth-order valence-corrected chi connectivity index (χ4v) is 5.93. The van der Waals surface area contributed by atoms with E-state index < -0.39 is 16.0 Å². The Hall–Kier alpha value is -0.640. The van der Waals surface area contributed by atoms with Gasteiger partial charge in [0, 0.05) is 24.1 Å². The molecule has 0 amide bonds. The highest BCUT2D eigenvalue weighted by Crippen LogP contribution is 2.29. The number of methoxy groups -OCH3 is 1. The summed E-state index contributed by atoms with van der Waals surface area (Å²) in [6.07, 6.45) is 0. The lowest BCUT2D eigenvalue weighted by Gasteiger charge is -2.31. The average Bonchev–Trinajstić information content (AvgIpc) is 2.88. The van der Waals surface area contributed by atoms with E-state index >= 15 is 0 Å². The summed E-state index contributed by atoms with van der Waals surface area (Å²) in [5.74, 6) is 0.792. The number of thiazole rings is 1. The summed E-state index contributed by atoms with van der Waals surface area (Å²) in [4.78, 5) is 15.3. The van der Waals surface area contributed by atoms with Crippen molar-refractivity contribution in [1.82, 2.24) is 9.29 Å². The standard InChI is InChI=1S/C10H14N2O4S3/c1-7-5-17-4-3-12(7)19(14,15)10-8(9(13)16-2)11-6-18-10/h6-7H,3-5H2,1-2H3. The van der Waals surface area contributed by atoms with Gasteiger partial charge in [0.25, 0.3) is 10.0 Å². The van der Waals surface area contributed by atoms with Crippen LogP contribution in [0.4, 0.5) is 0 Å². The first-order chi connectivity index (χ1) is 8.98. The molecule has 1 aromatic rings. The number of nitrogens with zero attached hydrogens (tertiary/aromatic N) is 2. The van der Waals surface area contributed by atoms with Crippen molar-refractivity contribution in [2.45, 2.75) is 17.2 Å². The van der Waals surface area contributed by atoms with Crippen LogP contribution in [0, 0.1) is 0 Å². The predicted molar refractivity (Wildman–Crippen MR) is 74.1 cm³/mol. The second-order valence-corrected chi connectivity index (χ2v) is 8.11. The maximum absolute atomic E-state index is 12.6. The zero-order valence-electron chi connectivity index (χ0n) is 10.5. The molecule has 2 rings (SSSR count). The van der Waals surface area contributed by atoms with E-state index in [9.17, 15) is 13.2 Å². The molecule has 0 aliphatic carbocycles. The van der Waals surface area contributed by atoms with Gasteiger partial charge in [0.2, 0.25) is 0 Å². The lowest BCUT2D eigenvalue weighted by Crippen LogP contribution is -2.44. The van der Waals surface area contributed by atoms with Crippen LogP contribution in [0.25, 0.3) is 0 Å². The summed E-state index contributed by atoms with van der Waals surface area (Å²) in [7, 11) is -2.47. The summed E-state index contributed by atoms with van der Waals surface area (Å²) in [5.41, 5.74) is 1.22. The molecule has 106 valence electrons. The zero-order valence-corrected chi connectivity index (χ0v) is 13.0. The van der Waals surface area contributed by atoms with Crippen LogP contribution >= 0.6 is 23.1 Å². The molecule has 2 heterocycles. The van der Waals surface area contributed by atoms with Crippen LogP contribution in [0.3, 0.4) is 0 Å². The molecule has 9 heteroatoms.